The number of fused-ring (bicyclic) bond motifs is 3. The highest BCUT2D eigenvalue weighted by Gasteiger charge is 2.24. The lowest BCUT2D eigenvalue weighted by Crippen LogP contribution is -2.05. The Balaban J connectivity index is 1.09. The van der Waals surface area contributed by atoms with Crippen LogP contribution in [0.4, 0.5) is 0 Å². The average molecular weight is 856 g/mol. The van der Waals surface area contributed by atoms with Gasteiger partial charge in [-0.25, -0.2) is 29.9 Å². The Labute approximate surface area is 385 Å². The second-order valence-electron chi connectivity index (χ2n) is 16.7. The summed E-state index contributed by atoms with van der Waals surface area (Å²) in [7, 11) is 0. The topological polar surface area (TPSA) is 82.3 Å². The predicted molar refractivity (Wildman–Crippen MR) is 272 cm³/mol. The lowest BCUT2D eigenvalue weighted by Gasteiger charge is -2.16. The van der Waals surface area contributed by atoms with Gasteiger partial charge >= 0.3 is 0 Å². The van der Waals surface area contributed by atoms with Gasteiger partial charge in [-0.15, -0.1) is 0 Å². The molecule has 0 unspecified atom stereocenters. The van der Waals surface area contributed by atoms with E-state index in [2.05, 4.69) is 132 Å². The average Bonchev–Trinajstić information content (AvgIpc) is 3.76. The van der Waals surface area contributed by atoms with Gasteiger partial charge in [-0.3, -0.25) is 0 Å². The smallest absolute Gasteiger partial charge is 0.166 e. The minimum Gasteiger partial charge on any atom is -0.308 e. The molecule has 0 saturated heterocycles. The van der Waals surface area contributed by atoms with Crippen LogP contribution in [-0.2, 0) is 0 Å². The van der Waals surface area contributed by atoms with Crippen molar-refractivity contribution in [2.45, 2.75) is 0 Å². The van der Waals surface area contributed by atoms with Crippen molar-refractivity contribution in [3.63, 3.8) is 0 Å². The van der Waals surface area contributed by atoms with Gasteiger partial charge in [0.05, 0.1) is 16.7 Å². The number of nitrogens with zero attached hydrogens (tertiary/aromatic N) is 7. The molecular formula is C60H37N7. The van der Waals surface area contributed by atoms with Crippen LogP contribution in [0.2, 0.25) is 0 Å². The molecule has 7 nitrogen and oxygen atoms in total. The number of rotatable bonds is 8. The van der Waals surface area contributed by atoms with Crippen LogP contribution in [0.3, 0.4) is 0 Å². The first-order chi connectivity index (χ1) is 33.2. The Morgan fingerprint density at radius 1 is 0.239 bits per heavy atom. The maximum Gasteiger partial charge on any atom is 0.166 e. The molecule has 0 atom stereocenters. The summed E-state index contributed by atoms with van der Waals surface area (Å²) in [4.78, 5) is 31.2. The number of benzene rings is 10. The van der Waals surface area contributed by atoms with E-state index >= 15 is 0 Å². The number of hydrogen-bond acceptors (Lipinski definition) is 6. The summed E-state index contributed by atoms with van der Waals surface area (Å²) in [6.07, 6.45) is 0. The van der Waals surface area contributed by atoms with Crippen molar-refractivity contribution < 1.29 is 0 Å². The van der Waals surface area contributed by atoms with E-state index in [1.807, 2.05) is 97.1 Å². The van der Waals surface area contributed by atoms with Gasteiger partial charge in [-0.1, -0.05) is 194 Å². The van der Waals surface area contributed by atoms with Crippen molar-refractivity contribution in [3.05, 3.63) is 224 Å². The normalized spacial score (nSPS) is 11.6. The monoisotopic (exact) mass is 855 g/mol. The van der Waals surface area contributed by atoms with Crippen molar-refractivity contribution in [1.29, 1.82) is 0 Å². The van der Waals surface area contributed by atoms with Crippen molar-refractivity contribution in [2.75, 3.05) is 0 Å². The summed E-state index contributed by atoms with van der Waals surface area (Å²) in [6.45, 7) is 0. The van der Waals surface area contributed by atoms with E-state index in [9.17, 15) is 0 Å². The number of hydrogen-bond donors (Lipinski definition) is 0. The Bertz CT molecular complexity index is 3800. The molecule has 3 aromatic heterocycles. The third-order valence-electron chi connectivity index (χ3n) is 12.7. The molecule has 0 fully saturated rings. The van der Waals surface area contributed by atoms with Crippen molar-refractivity contribution in [3.8, 4) is 85.1 Å². The molecule has 3 heterocycles. The summed E-state index contributed by atoms with van der Waals surface area (Å²) in [6, 6.07) is 77.5. The van der Waals surface area contributed by atoms with Gasteiger partial charge in [0.15, 0.2) is 34.9 Å². The second-order valence-corrected chi connectivity index (χ2v) is 16.7. The van der Waals surface area contributed by atoms with Gasteiger partial charge < -0.3 is 4.57 Å². The first kappa shape index (κ1) is 38.3. The molecule has 13 aromatic rings. The third kappa shape index (κ3) is 6.60. The maximum atomic E-state index is 5.39. The highest BCUT2D eigenvalue weighted by Crippen LogP contribution is 2.45. The summed E-state index contributed by atoms with van der Waals surface area (Å²) >= 11 is 0. The van der Waals surface area contributed by atoms with Crippen molar-refractivity contribution in [2.24, 2.45) is 0 Å². The Hall–Kier alpha value is -9.20. The molecule has 0 aliphatic rings. The molecule has 0 aliphatic carbocycles. The highest BCUT2D eigenvalue weighted by atomic mass is 15.1. The van der Waals surface area contributed by atoms with Crippen LogP contribution in [0.5, 0.6) is 0 Å². The second kappa shape index (κ2) is 15.8. The molecule has 312 valence electrons. The van der Waals surface area contributed by atoms with E-state index in [1.165, 1.54) is 32.3 Å². The molecule has 0 spiro atoms. The third-order valence-corrected chi connectivity index (χ3v) is 12.7. The Morgan fingerprint density at radius 2 is 0.567 bits per heavy atom. The van der Waals surface area contributed by atoms with E-state index in [0.29, 0.717) is 34.9 Å². The largest absolute Gasteiger partial charge is 0.308 e. The fraction of sp³-hybridized carbons (Fsp3) is 0. The van der Waals surface area contributed by atoms with Crippen molar-refractivity contribution >= 4 is 43.4 Å². The van der Waals surface area contributed by atoms with Gasteiger partial charge in [0, 0.05) is 44.2 Å². The lowest BCUT2D eigenvalue weighted by atomic mass is 9.95. The Kier molecular flexibility index (Phi) is 9.03. The first-order valence-corrected chi connectivity index (χ1v) is 22.4. The first-order valence-electron chi connectivity index (χ1n) is 22.4. The molecule has 67 heavy (non-hydrogen) atoms. The molecule has 0 N–H and O–H groups in total. The fourth-order valence-corrected chi connectivity index (χ4v) is 9.54. The van der Waals surface area contributed by atoms with E-state index in [0.717, 1.165) is 61.2 Å². The van der Waals surface area contributed by atoms with Crippen LogP contribution >= 0.6 is 0 Å². The summed E-state index contributed by atoms with van der Waals surface area (Å²) in [5.74, 6) is 3.37. The van der Waals surface area contributed by atoms with Crippen LogP contribution in [-0.4, -0.2) is 34.5 Å². The molecule has 13 rings (SSSR count). The fourth-order valence-electron chi connectivity index (χ4n) is 9.54. The summed E-state index contributed by atoms with van der Waals surface area (Å²) in [5, 5.41) is 7.33. The molecule has 0 amide bonds. The SMILES string of the molecule is c1ccc(-c2ccc(-c3nc(-c4ccccc4)nc(-c4cc(-c5nc(-c6ccccc6)nc(-c6ccccc6)n5)ccc4-n4c5cccc6c7ccccc7c7cccc4c7c65)n3)cc2)cc1. The zero-order valence-corrected chi connectivity index (χ0v) is 36.0. The molecular weight excluding hydrogens is 819 g/mol. The zero-order valence-electron chi connectivity index (χ0n) is 36.0. The van der Waals surface area contributed by atoms with Crippen LogP contribution < -0.4 is 0 Å². The van der Waals surface area contributed by atoms with E-state index in [-0.39, 0.29) is 0 Å². The molecule has 0 saturated carbocycles. The van der Waals surface area contributed by atoms with Gasteiger partial charge in [-0.2, -0.15) is 0 Å². The molecule has 10 aromatic carbocycles. The number of aromatic nitrogens is 7. The molecule has 7 heteroatoms. The van der Waals surface area contributed by atoms with Crippen LogP contribution in [0, 0.1) is 0 Å². The molecule has 0 bridgehead atoms. The minimum absolute atomic E-state index is 0.522. The Morgan fingerprint density at radius 3 is 1.03 bits per heavy atom. The van der Waals surface area contributed by atoms with Gasteiger partial charge in [0.2, 0.25) is 0 Å². The van der Waals surface area contributed by atoms with Crippen LogP contribution in [0.1, 0.15) is 0 Å². The van der Waals surface area contributed by atoms with E-state index < -0.39 is 0 Å². The van der Waals surface area contributed by atoms with E-state index in [4.69, 9.17) is 29.9 Å². The van der Waals surface area contributed by atoms with Crippen molar-refractivity contribution in [1.82, 2.24) is 34.5 Å². The lowest BCUT2D eigenvalue weighted by molar-refractivity contribution is 1.06. The van der Waals surface area contributed by atoms with Crippen LogP contribution in [0.15, 0.2) is 224 Å². The quantitative estimate of drug-likeness (QED) is 0.142. The standard InChI is InChI=1S/C60H37N7/c1-5-17-38(18-6-1)39-31-33-43(34-32-39)58-62-57(42-23-11-4-12-24-42)65-60(66-58)49-37-44(59-63-55(40-19-7-2-8-20-40)61-56(64-59)41-21-9-3-10-22-41)35-36-50(49)67-51-29-15-27-47-45-25-13-14-26-46(45)48-28-16-30-52(67)54(48)53(47)51/h1-37H. The van der Waals surface area contributed by atoms with Gasteiger partial charge in [-0.05, 0) is 63.0 Å². The highest BCUT2D eigenvalue weighted by molar-refractivity contribution is 6.34. The zero-order chi connectivity index (χ0) is 44.3. The van der Waals surface area contributed by atoms with E-state index in [1.54, 1.807) is 0 Å². The minimum atomic E-state index is 0.522. The van der Waals surface area contributed by atoms with Gasteiger partial charge in [0.25, 0.3) is 0 Å². The summed E-state index contributed by atoms with van der Waals surface area (Å²) < 4.78 is 2.38. The van der Waals surface area contributed by atoms with Gasteiger partial charge in [0.1, 0.15) is 0 Å². The molecule has 0 aliphatic heterocycles. The van der Waals surface area contributed by atoms with Crippen LogP contribution in [0.25, 0.3) is 128 Å². The predicted octanol–water partition coefficient (Wildman–Crippen LogP) is 14.6. The summed E-state index contributed by atoms with van der Waals surface area (Å²) in [5.41, 5.74) is 10.5. The maximum absolute atomic E-state index is 5.39. The molecule has 0 radical (unpaired) electrons.